The Morgan fingerprint density at radius 1 is 1.40 bits per heavy atom. The number of unbranched alkanes of at least 4 members (excludes halogenated alkanes) is 2. The van der Waals surface area contributed by atoms with Crippen LogP contribution in [0.25, 0.3) is 0 Å². The van der Waals surface area contributed by atoms with Crippen LogP contribution in [-0.4, -0.2) is 16.3 Å². The summed E-state index contributed by atoms with van der Waals surface area (Å²) in [4.78, 5) is 0. The normalized spacial score (nSPS) is 13.5. The molecule has 60 valence electrons. The molecule has 0 amide bonds. The van der Waals surface area contributed by atoms with E-state index in [0.717, 1.165) is 25.7 Å². The van der Waals surface area contributed by atoms with Crippen molar-refractivity contribution in [3.05, 3.63) is 13.0 Å². The summed E-state index contributed by atoms with van der Waals surface area (Å²) in [7, 11) is 0. The molecule has 2 heteroatoms. The molecule has 0 aliphatic carbocycles. The van der Waals surface area contributed by atoms with Crippen molar-refractivity contribution in [2.45, 2.75) is 38.7 Å². The fourth-order valence-electron chi connectivity index (χ4n) is 0.756. The fraction of sp³-hybridized carbons (Fsp3) is 0.750. The first-order chi connectivity index (χ1) is 4.81. The van der Waals surface area contributed by atoms with Gasteiger partial charge in [-0.2, -0.15) is 0 Å². The van der Waals surface area contributed by atoms with Crippen molar-refractivity contribution in [1.29, 1.82) is 0 Å². The summed E-state index contributed by atoms with van der Waals surface area (Å²) in [6.07, 6.45) is 4.99. The molecule has 0 rings (SSSR count). The van der Waals surface area contributed by atoms with E-state index in [1.54, 1.807) is 6.42 Å². The topological polar surface area (TPSA) is 40.5 Å². The van der Waals surface area contributed by atoms with Gasteiger partial charge in [0, 0.05) is 0 Å². The first-order valence-corrected chi connectivity index (χ1v) is 3.74. The first-order valence-electron chi connectivity index (χ1n) is 3.74. The predicted molar refractivity (Wildman–Crippen MR) is 40.7 cm³/mol. The Kier molecular flexibility index (Phi) is 6.98. The molecule has 0 spiro atoms. The van der Waals surface area contributed by atoms with Gasteiger partial charge in [0.15, 0.2) is 0 Å². The number of hydrogen-bond acceptors (Lipinski definition) is 2. The summed E-state index contributed by atoms with van der Waals surface area (Å²) in [5.41, 5.74) is 0. The maximum Gasteiger partial charge on any atom is 0.0799 e. The van der Waals surface area contributed by atoms with Crippen LogP contribution < -0.4 is 0 Å². The summed E-state index contributed by atoms with van der Waals surface area (Å²) >= 11 is 0. The maximum atomic E-state index is 9.03. The number of aliphatic hydroxyl groups is 2. The lowest BCUT2D eigenvalue weighted by molar-refractivity contribution is 0.192. The molecule has 0 aromatic rings. The van der Waals surface area contributed by atoms with E-state index in [-0.39, 0.29) is 6.10 Å². The third-order valence-electron chi connectivity index (χ3n) is 1.47. The van der Waals surface area contributed by atoms with Crippen molar-refractivity contribution in [3.8, 4) is 0 Å². The summed E-state index contributed by atoms with van der Waals surface area (Å²) in [6.45, 7) is 3.02. The zero-order valence-electron chi connectivity index (χ0n) is 6.45. The van der Waals surface area contributed by atoms with E-state index in [4.69, 9.17) is 10.2 Å². The minimum absolute atomic E-state index is 0.265. The minimum Gasteiger partial charge on any atom is -0.393 e. The molecule has 0 aliphatic heterocycles. The van der Waals surface area contributed by atoms with E-state index < -0.39 is 0 Å². The van der Waals surface area contributed by atoms with Gasteiger partial charge in [-0.3, -0.25) is 0 Å². The minimum atomic E-state index is -0.265. The Hall–Kier alpha value is -0.0800. The molecule has 0 heterocycles. The van der Waals surface area contributed by atoms with Crippen molar-refractivity contribution in [2.75, 3.05) is 0 Å². The summed E-state index contributed by atoms with van der Waals surface area (Å²) in [5.74, 6) is 0. The maximum absolute atomic E-state index is 9.03. The van der Waals surface area contributed by atoms with E-state index in [1.807, 2.05) is 6.92 Å². The van der Waals surface area contributed by atoms with Crippen LogP contribution in [0.4, 0.5) is 0 Å². The van der Waals surface area contributed by atoms with Crippen molar-refractivity contribution < 1.29 is 10.2 Å². The fourth-order valence-corrected chi connectivity index (χ4v) is 0.756. The molecular weight excluding hydrogens is 128 g/mol. The second kappa shape index (κ2) is 7.03. The number of aliphatic hydroxyl groups excluding tert-OH is 2. The van der Waals surface area contributed by atoms with Gasteiger partial charge in [-0.15, -0.1) is 0 Å². The van der Waals surface area contributed by atoms with Gasteiger partial charge in [-0.05, 0) is 19.3 Å². The van der Waals surface area contributed by atoms with E-state index in [2.05, 4.69) is 0 Å². The van der Waals surface area contributed by atoms with Crippen LogP contribution in [0, 0.1) is 13.0 Å². The third-order valence-corrected chi connectivity index (χ3v) is 1.47. The van der Waals surface area contributed by atoms with Crippen molar-refractivity contribution in [2.24, 2.45) is 0 Å². The van der Waals surface area contributed by atoms with Gasteiger partial charge in [0.2, 0.25) is 0 Å². The largest absolute Gasteiger partial charge is 0.393 e. The molecule has 0 aromatic heterocycles. The lowest BCUT2D eigenvalue weighted by atomic mass is 10.1. The molecule has 10 heavy (non-hydrogen) atoms. The van der Waals surface area contributed by atoms with Crippen LogP contribution in [0.1, 0.15) is 32.6 Å². The zero-order chi connectivity index (χ0) is 7.82. The average molecular weight is 144 g/mol. The van der Waals surface area contributed by atoms with E-state index >= 15 is 0 Å². The molecule has 2 N–H and O–H groups in total. The lowest BCUT2D eigenvalue weighted by Crippen LogP contribution is -2.04. The second-order valence-electron chi connectivity index (χ2n) is 2.37. The van der Waals surface area contributed by atoms with Crippen LogP contribution >= 0.6 is 0 Å². The van der Waals surface area contributed by atoms with Gasteiger partial charge >= 0.3 is 0 Å². The van der Waals surface area contributed by atoms with Crippen LogP contribution in [0.15, 0.2) is 0 Å². The van der Waals surface area contributed by atoms with E-state index in [9.17, 15) is 0 Å². The monoisotopic (exact) mass is 144 g/mol. The van der Waals surface area contributed by atoms with Crippen LogP contribution in [0.5, 0.6) is 0 Å². The lowest BCUT2D eigenvalue weighted by Gasteiger charge is -2.04. The summed E-state index contributed by atoms with van der Waals surface area (Å²) in [5, 5.41) is 17.3. The molecule has 0 fully saturated rings. The molecule has 0 aromatic carbocycles. The Balaban J connectivity index is 2.89. The van der Waals surface area contributed by atoms with Gasteiger partial charge in [-0.1, -0.05) is 19.8 Å². The van der Waals surface area contributed by atoms with Crippen LogP contribution in [0.3, 0.4) is 0 Å². The molecule has 0 saturated carbocycles. The van der Waals surface area contributed by atoms with Crippen molar-refractivity contribution in [3.63, 3.8) is 0 Å². The van der Waals surface area contributed by atoms with Crippen LogP contribution in [0.2, 0.25) is 0 Å². The first kappa shape index (κ1) is 9.92. The van der Waals surface area contributed by atoms with E-state index in [0.29, 0.717) is 0 Å². The molecule has 1 unspecified atom stereocenters. The average Bonchev–Trinajstić information content (AvgIpc) is 1.98. The summed E-state index contributed by atoms with van der Waals surface area (Å²) < 4.78 is 0. The highest BCUT2D eigenvalue weighted by Crippen LogP contribution is 2.05. The molecule has 1 atom stereocenters. The van der Waals surface area contributed by atoms with Gasteiger partial charge in [0.1, 0.15) is 0 Å². The molecule has 0 saturated heterocycles. The summed E-state index contributed by atoms with van der Waals surface area (Å²) in [6, 6.07) is 0. The van der Waals surface area contributed by atoms with Gasteiger partial charge in [0.05, 0.1) is 12.7 Å². The van der Waals surface area contributed by atoms with Crippen molar-refractivity contribution >= 4 is 0 Å². The molecular formula is C8H16O2. The predicted octanol–water partition coefficient (Wildman–Crippen LogP) is 1.67. The smallest absolute Gasteiger partial charge is 0.0799 e. The molecule has 2 nitrogen and oxygen atoms in total. The highest BCUT2D eigenvalue weighted by Gasteiger charge is 1.98. The Bertz CT molecular complexity index is 64.3. The quantitative estimate of drug-likeness (QED) is 0.557. The molecule has 0 bridgehead atoms. The molecule has 2 radical (unpaired) electrons. The number of hydrogen-bond donors (Lipinski definition) is 2. The molecule has 0 aliphatic rings. The second-order valence-corrected chi connectivity index (χ2v) is 2.37. The Labute approximate surface area is 62.9 Å². The van der Waals surface area contributed by atoms with Gasteiger partial charge in [0.25, 0.3) is 0 Å². The van der Waals surface area contributed by atoms with Crippen LogP contribution in [-0.2, 0) is 0 Å². The van der Waals surface area contributed by atoms with Gasteiger partial charge < -0.3 is 10.2 Å². The Morgan fingerprint density at radius 2 is 2.10 bits per heavy atom. The zero-order valence-corrected chi connectivity index (χ0v) is 6.45. The Morgan fingerprint density at radius 3 is 2.60 bits per heavy atom. The third kappa shape index (κ3) is 6.05. The SMILES string of the molecule is C[CH]C(O)CCCC[CH]O. The highest BCUT2D eigenvalue weighted by atomic mass is 16.3. The highest BCUT2D eigenvalue weighted by molar-refractivity contribution is 4.68. The van der Waals surface area contributed by atoms with E-state index in [1.165, 1.54) is 6.61 Å². The number of rotatable bonds is 6. The standard InChI is InChI=1S/C8H16O2/c1-2-8(10)6-4-3-5-7-9/h2,7-10H,3-6H2,1H3. The van der Waals surface area contributed by atoms with Gasteiger partial charge in [-0.25, -0.2) is 0 Å². The van der Waals surface area contributed by atoms with Crippen molar-refractivity contribution in [1.82, 2.24) is 0 Å².